The summed E-state index contributed by atoms with van der Waals surface area (Å²) in [7, 11) is 0.866. The predicted octanol–water partition coefficient (Wildman–Crippen LogP) is 2.03. The van der Waals surface area contributed by atoms with E-state index < -0.39 is 25.7 Å². The van der Waals surface area contributed by atoms with Crippen LogP contribution in [0.3, 0.4) is 0 Å². The zero-order chi connectivity index (χ0) is 14.9. The first-order valence-electron chi connectivity index (χ1n) is 5.61. The molecule has 1 atom stereocenters. The van der Waals surface area contributed by atoms with Crippen molar-refractivity contribution in [1.29, 1.82) is 0 Å². The molecule has 0 bridgehead atoms. The average molecular weight is 387 g/mol. The first kappa shape index (κ1) is 15.7. The predicted molar refractivity (Wildman–Crippen MR) is 73.8 cm³/mol. The van der Waals surface area contributed by atoms with E-state index in [-0.39, 0.29) is 16.1 Å². The van der Waals surface area contributed by atoms with Gasteiger partial charge in [0.25, 0.3) is 15.0 Å². The number of hydrogen-bond donors (Lipinski definition) is 1. The molecule has 1 heterocycles. The van der Waals surface area contributed by atoms with Crippen molar-refractivity contribution in [2.75, 3.05) is 13.2 Å². The van der Waals surface area contributed by atoms with Gasteiger partial charge in [-0.2, -0.15) is 0 Å². The topological polar surface area (TPSA) is 72.5 Å². The van der Waals surface area contributed by atoms with Gasteiger partial charge in [-0.15, -0.1) is 0 Å². The zero-order valence-electron chi connectivity index (χ0n) is 10.0. The Hall–Kier alpha value is -0.700. The average Bonchev–Trinajstić information content (AvgIpc) is 2.83. The Morgan fingerprint density at radius 2 is 2.20 bits per heavy atom. The summed E-state index contributed by atoms with van der Waals surface area (Å²) in [6.45, 7) is 0.870. The first-order valence-corrected chi connectivity index (χ1v) is 8.71. The van der Waals surface area contributed by atoms with Crippen molar-refractivity contribution in [1.82, 2.24) is 5.32 Å². The Morgan fingerprint density at radius 3 is 2.75 bits per heavy atom. The molecule has 2 rings (SSSR count). The highest BCUT2D eigenvalue weighted by Gasteiger charge is 2.25. The molecule has 1 aromatic rings. The summed E-state index contributed by atoms with van der Waals surface area (Å²) in [5.41, 5.74) is -0.384. The van der Waals surface area contributed by atoms with Crippen molar-refractivity contribution < 1.29 is 22.3 Å². The molecule has 1 aromatic carbocycles. The summed E-state index contributed by atoms with van der Waals surface area (Å²) < 4.78 is 42.0. The van der Waals surface area contributed by atoms with Crippen molar-refractivity contribution >= 4 is 41.6 Å². The summed E-state index contributed by atoms with van der Waals surface area (Å²) in [6.07, 6.45) is 0.627. The molecular formula is C11H10BrClFNO4S. The second-order valence-electron chi connectivity index (χ2n) is 4.24. The standard InChI is InChI=1S/C11H10BrClFNO4S/c12-6-3-8(10(14)9(4-6)20(13,17)18)11(16)15-7-1-2-19-5-7/h3-4,7H,1-2,5H2,(H,15,16). The third kappa shape index (κ3) is 3.49. The van der Waals surface area contributed by atoms with E-state index in [2.05, 4.69) is 21.2 Å². The second kappa shape index (κ2) is 5.97. The molecule has 1 aliphatic rings. The number of rotatable bonds is 3. The normalized spacial score (nSPS) is 19.1. The highest BCUT2D eigenvalue weighted by atomic mass is 79.9. The molecule has 1 fully saturated rings. The molecule has 110 valence electrons. The number of amides is 1. The minimum atomic E-state index is -4.28. The van der Waals surface area contributed by atoms with Gasteiger partial charge in [0, 0.05) is 21.8 Å². The van der Waals surface area contributed by atoms with Crippen LogP contribution in [-0.2, 0) is 13.8 Å². The summed E-state index contributed by atoms with van der Waals surface area (Å²) in [6, 6.07) is 2.00. The van der Waals surface area contributed by atoms with Crippen molar-refractivity contribution in [2.45, 2.75) is 17.4 Å². The monoisotopic (exact) mass is 385 g/mol. The van der Waals surface area contributed by atoms with Crippen LogP contribution in [0.1, 0.15) is 16.8 Å². The zero-order valence-corrected chi connectivity index (χ0v) is 13.2. The molecule has 0 radical (unpaired) electrons. The molecule has 1 saturated heterocycles. The third-order valence-electron chi connectivity index (χ3n) is 2.78. The van der Waals surface area contributed by atoms with Crippen molar-refractivity contribution in [3.8, 4) is 0 Å². The first-order chi connectivity index (χ1) is 9.29. The quantitative estimate of drug-likeness (QED) is 0.807. The number of halogens is 3. The van der Waals surface area contributed by atoms with Gasteiger partial charge < -0.3 is 10.1 Å². The summed E-state index contributed by atoms with van der Waals surface area (Å²) in [4.78, 5) is 11.3. The minimum absolute atomic E-state index is 0.211. The Morgan fingerprint density at radius 1 is 1.50 bits per heavy atom. The fraction of sp³-hybridized carbons (Fsp3) is 0.364. The van der Waals surface area contributed by atoms with E-state index in [1.165, 1.54) is 6.07 Å². The number of ether oxygens (including phenoxy) is 1. The van der Waals surface area contributed by atoms with Gasteiger partial charge in [0.15, 0.2) is 5.82 Å². The maximum Gasteiger partial charge on any atom is 0.264 e. The minimum Gasteiger partial charge on any atom is -0.379 e. The van der Waals surface area contributed by atoms with Crippen molar-refractivity contribution in [3.63, 3.8) is 0 Å². The highest BCUT2D eigenvalue weighted by molar-refractivity contribution is 9.10. The summed E-state index contributed by atoms with van der Waals surface area (Å²) >= 11 is 3.03. The van der Waals surface area contributed by atoms with Crippen LogP contribution in [0.2, 0.25) is 0 Å². The third-order valence-corrected chi connectivity index (χ3v) is 4.56. The molecule has 0 aliphatic carbocycles. The molecule has 0 aromatic heterocycles. The van der Waals surface area contributed by atoms with Crippen molar-refractivity contribution in [3.05, 3.63) is 28.0 Å². The Labute approximate surface area is 128 Å². The van der Waals surface area contributed by atoms with Gasteiger partial charge in [-0.25, -0.2) is 12.8 Å². The lowest BCUT2D eigenvalue weighted by Gasteiger charge is -2.12. The van der Waals surface area contributed by atoms with Crippen LogP contribution in [0, 0.1) is 5.82 Å². The fourth-order valence-corrected chi connectivity index (χ4v) is 3.36. The van der Waals surface area contributed by atoms with E-state index in [9.17, 15) is 17.6 Å². The lowest BCUT2D eigenvalue weighted by Crippen LogP contribution is -2.35. The van der Waals surface area contributed by atoms with Crippen LogP contribution in [0.4, 0.5) is 4.39 Å². The van der Waals surface area contributed by atoms with Gasteiger partial charge in [-0.1, -0.05) is 15.9 Å². The van der Waals surface area contributed by atoms with Gasteiger partial charge in [0.2, 0.25) is 0 Å². The maximum atomic E-state index is 14.1. The van der Waals surface area contributed by atoms with Gasteiger partial charge in [-0.3, -0.25) is 4.79 Å². The number of carbonyl (C=O) groups is 1. The van der Waals surface area contributed by atoms with Crippen LogP contribution in [0.25, 0.3) is 0 Å². The van der Waals surface area contributed by atoms with Gasteiger partial charge in [0.1, 0.15) is 4.90 Å². The Balaban J connectivity index is 2.36. The molecule has 9 heteroatoms. The molecule has 20 heavy (non-hydrogen) atoms. The van der Waals surface area contributed by atoms with Crippen molar-refractivity contribution in [2.24, 2.45) is 0 Å². The lowest BCUT2D eigenvalue weighted by atomic mass is 10.1. The SMILES string of the molecule is O=C(NC1CCOC1)c1cc(Br)cc(S(=O)(=O)Cl)c1F. The van der Waals surface area contributed by atoms with Crippen LogP contribution >= 0.6 is 26.6 Å². The van der Waals surface area contributed by atoms with E-state index in [1.807, 2.05) is 0 Å². The molecule has 1 aliphatic heterocycles. The summed E-state index contributed by atoms with van der Waals surface area (Å²) in [5, 5.41) is 2.58. The van der Waals surface area contributed by atoms with E-state index in [0.29, 0.717) is 19.6 Å². The van der Waals surface area contributed by atoms with Gasteiger partial charge >= 0.3 is 0 Å². The van der Waals surface area contributed by atoms with E-state index in [0.717, 1.165) is 6.07 Å². The fourth-order valence-electron chi connectivity index (χ4n) is 1.82. The largest absolute Gasteiger partial charge is 0.379 e. The molecule has 0 spiro atoms. The van der Waals surface area contributed by atoms with Crippen LogP contribution < -0.4 is 5.32 Å². The summed E-state index contributed by atoms with van der Waals surface area (Å²) in [5.74, 6) is -1.87. The number of nitrogens with one attached hydrogen (secondary N) is 1. The highest BCUT2D eigenvalue weighted by Crippen LogP contribution is 2.26. The Bertz CT molecular complexity index is 646. The molecule has 1 unspecified atom stereocenters. The molecule has 1 amide bonds. The number of benzene rings is 1. The van der Waals surface area contributed by atoms with Gasteiger partial charge in [0.05, 0.1) is 18.2 Å². The van der Waals surface area contributed by atoms with Gasteiger partial charge in [-0.05, 0) is 18.6 Å². The number of carbonyl (C=O) groups excluding carboxylic acids is 1. The smallest absolute Gasteiger partial charge is 0.264 e. The molecule has 0 saturated carbocycles. The molecular weight excluding hydrogens is 377 g/mol. The Kier molecular flexibility index (Phi) is 4.68. The van der Waals surface area contributed by atoms with E-state index >= 15 is 0 Å². The number of hydrogen-bond acceptors (Lipinski definition) is 4. The second-order valence-corrected chi connectivity index (χ2v) is 7.69. The maximum absolute atomic E-state index is 14.1. The van der Waals surface area contributed by atoms with E-state index in [1.54, 1.807) is 0 Å². The van der Waals surface area contributed by atoms with Crippen LogP contribution in [0.5, 0.6) is 0 Å². The van der Waals surface area contributed by atoms with Crippen LogP contribution in [0.15, 0.2) is 21.5 Å². The molecule has 1 N–H and O–H groups in total. The van der Waals surface area contributed by atoms with Crippen LogP contribution in [-0.4, -0.2) is 33.6 Å². The van der Waals surface area contributed by atoms with E-state index in [4.69, 9.17) is 15.4 Å². The molecule has 5 nitrogen and oxygen atoms in total. The lowest BCUT2D eigenvalue weighted by molar-refractivity contribution is 0.0925.